The van der Waals surface area contributed by atoms with E-state index >= 15 is 0 Å². The van der Waals surface area contributed by atoms with Gasteiger partial charge in [-0.15, -0.1) is 0 Å². The second-order valence-corrected chi connectivity index (χ2v) is 14.6. The topological polar surface area (TPSA) is 94.8 Å². The number of Topliss-reactive ketones (excluding diaryl/α,β-unsaturated/α-hetero) is 1. The van der Waals surface area contributed by atoms with Gasteiger partial charge in [-0.25, -0.2) is 0 Å². The van der Waals surface area contributed by atoms with Crippen molar-refractivity contribution < 1.29 is 24.9 Å². The molecule has 0 radical (unpaired) electrons. The van der Waals surface area contributed by atoms with Crippen molar-refractivity contribution in [2.24, 2.45) is 50.2 Å². The summed E-state index contributed by atoms with van der Waals surface area (Å²) in [5, 5.41) is 32.1. The first-order valence-corrected chi connectivity index (χ1v) is 13.6. The van der Waals surface area contributed by atoms with Crippen LogP contribution in [-0.2, 0) is 9.59 Å². The van der Waals surface area contributed by atoms with Crippen LogP contribution in [0.4, 0.5) is 0 Å². The van der Waals surface area contributed by atoms with E-state index in [0.717, 1.165) is 32.1 Å². The van der Waals surface area contributed by atoms with Crippen LogP contribution in [0.1, 0.15) is 93.4 Å². The minimum atomic E-state index is -0.924. The smallest absolute Gasteiger partial charge is 0.309 e. The first-order valence-electron chi connectivity index (χ1n) is 13.6. The van der Waals surface area contributed by atoms with Crippen molar-refractivity contribution >= 4 is 11.8 Å². The van der Waals surface area contributed by atoms with Crippen molar-refractivity contribution in [3.05, 3.63) is 23.5 Å². The van der Waals surface area contributed by atoms with Crippen LogP contribution in [0.3, 0.4) is 0 Å². The molecule has 0 bridgehead atoms. The highest BCUT2D eigenvalue weighted by atomic mass is 16.4. The van der Waals surface area contributed by atoms with Crippen LogP contribution < -0.4 is 0 Å². The molecule has 5 rings (SSSR count). The summed E-state index contributed by atoms with van der Waals surface area (Å²) in [6, 6.07) is 0. The average Bonchev–Trinajstić information content (AvgIpc) is 2.74. The van der Waals surface area contributed by atoms with E-state index in [-0.39, 0.29) is 51.0 Å². The summed E-state index contributed by atoms with van der Waals surface area (Å²) in [6.07, 6.45) is 9.18. The maximum atomic E-state index is 12.9. The van der Waals surface area contributed by atoms with Crippen molar-refractivity contribution in [2.75, 3.05) is 0 Å². The molecule has 0 aromatic carbocycles. The van der Waals surface area contributed by atoms with Gasteiger partial charge >= 0.3 is 5.97 Å². The number of allylic oxidation sites excluding steroid dienone is 4. The van der Waals surface area contributed by atoms with E-state index < -0.39 is 22.9 Å². The summed E-state index contributed by atoms with van der Waals surface area (Å²) in [4.78, 5) is 25.2. The minimum Gasteiger partial charge on any atom is -0.505 e. The number of hydrogen-bond donors (Lipinski definition) is 3. The number of fused-ring (bicyclic) bond motifs is 7. The van der Waals surface area contributed by atoms with E-state index in [2.05, 4.69) is 33.8 Å². The molecular formula is C30H44O5. The fraction of sp³-hybridized carbons (Fsp3) is 0.800. The highest BCUT2D eigenvalue weighted by Gasteiger charge is 2.69. The Kier molecular flexibility index (Phi) is 5.03. The number of rotatable bonds is 1. The van der Waals surface area contributed by atoms with Gasteiger partial charge in [-0.2, -0.15) is 0 Å². The number of aliphatic carboxylic acids is 1. The van der Waals surface area contributed by atoms with E-state index in [1.165, 1.54) is 5.57 Å². The zero-order valence-electron chi connectivity index (χ0n) is 22.6. The van der Waals surface area contributed by atoms with Gasteiger partial charge in [0, 0.05) is 10.8 Å². The van der Waals surface area contributed by atoms with Gasteiger partial charge in [0.15, 0.2) is 5.76 Å². The van der Waals surface area contributed by atoms with E-state index in [1.54, 1.807) is 6.92 Å². The first-order chi connectivity index (χ1) is 16.0. The Morgan fingerprint density at radius 1 is 0.971 bits per heavy atom. The number of ketones is 1. The molecule has 0 aliphatic heterocycles. The third-order valence-corrected chi connectivity index (χ3v) is 12.7. The number of carbonyl (C=O) groups excluding carboxylic acids is 1. The van der Waals surface area contributed by atoms with Gasteiger partial charge < -0.3 is 15.3 Å². The lowest BCUT2D eigenvalue weighted by atomic mass is 9.34. The number of aliphatic hydroxyl groups is 2. The molecule has 0 spiro atoms. The molecule has 5 aliphatic rings. The average molecular weight is 485 g/mol. The van der Waals surface area contributed by atoms with E-state index in [4.69, 9.17) is 0 Å². The van der Waals surface area contributed by atoms with E-state index in [9.17, 15) is 24.9 Å². The minimum absolute atomic E-state index is 0.0427. The quantitative estimate of drug-likeness (QED) is 0.392. The molecule has 0 unspecified atom stereocenters. The normalized spacial score (nSPS) is 52.7. The Labute approximate surface area is 210 Å². The molecule has 35 heavy (non-hydrogen) atoms. The second kappa shape index (κ2) is 7.02. The molecule has 194 valence electrons. The molecule has 0 aromatic rings. The van der Waals surface area contributed by atoms with Crippen molar-refractivity contribution in [1.82, 2.24) is 0 Å². The Morgan fingerprint density at radius 3 is 2.26 bits per heavy atom. The van der Waals surface area contributed by atoms with Crippen LogP contribution in [0.15, 0.2) is 23.5 Å². The standard InChI is InChI=1S/C30H44O5/c1-25(2)20-10-11-30(7)21(28(20,5)15-19(31)23(25)33)9-8-17-18-14-26(3,24(34)35)16-22(32)27(18,4)12-13-29(17,30)6/h8,15,18,20-22,31-32H,9-14,16H2,1-7H3,(H,34,35)/t18-,20-,21+,22+,26-,27+,28-,29+,30+/m0/s1. The second-order valence-electron chi connectivity index (χ2n) is 14.6. The molecule has 5 aliphatic carbocycles. The summed E-state index contributed by atoms with van der Waals surface area (Å²) < 4.78 is 0. The third-order valence-electron chi connectivity index (χ3n) is 12.7. The molecule has 0 aromatic heterocycles. The molecule has 3 saturated carbocycles. The van der Waals surface area contributed by atoms with Crippen molar-refractivity contribution in [3.63, 3.8) is 0 Å². The Balaban J connectivity index is 1.63. The predicted molar refractivity (Wildman–Crippen MR) is 135 cm³/mol. The predicted octanol–water partition coefficient (Wildman–Crippen LogP) is 6.07. The Morgan fingerprint density at radius 2 is 1.63 bits per heavy atom. The summed E-state index contributed by atoms with van der Waals surface area (Å²) in [7, 11) is 0. The summed E-state index contributed by atoms with van der Waals surface area (Å²) in [6.45, 7) is 15.0. The lowest BCUT2D eigenvalue weighted by molar-refractivity contribution is -0.180. The van der Waals surface area contributed by atoms with Crippen LogP contribution in [-0.4, -0.2) is 33.2 Å². The van der Waals surface area contributed by atoms with E-state index in [1.807, 2.05) is 19.9 Å². The van der Waals surface area contributed by atoms with Crippen molar-refractivity contribution in [1.29, 1.82) is 0 Å². The summed E-state index contributed by atoms with van der Waals surface area (Å²) in [5.74, 6) is -0.533. The van der Waals surface area contributed by atoms with Gasteiger partial charge in [0.2, 0.25) is 5.78 Å². The van der Waals surface area contributed by atoms with Crippen LogP contribution >= 0.6 is 0 Å². The van der Waals surface area contributed by atoms with Crippen LogP contribution in [0, 0.1) is 50.2 Å². The molecule has 0 amide bonds. The highest BCUT2D eigenvalue weighted by molar-refractivity contribution is 5.98. The highest BCUT2D eigenvalue weighted by Crippen LogP contribution is 2.75. The molecule has 0 saturated heterocycles. The van der Waals surface area contributed by atoms with Crippen molar-refractivity contribution in [3.8, 4) is 0 Å². The largest absolute Gasteiger partial charge is 0.505 e. The van der Waals surface area contributed by atoms with Gasteiger partial charge in [0.1, 0.15) is 0 Å². The number of hydrogen-bond acceptors (Lipinski definition) is 4. The molecule has 0 heterocycles. The Hall–Kier alpha value is -1.62. The first kappa shape index (κ1) is 25.0. The van der Waals surface area contributed by atoms with Crippen molar-refractivity contribution in [2.45, 2.75) is 99.5 Å². The van der Waals surface area contributed by atoms with Gasteiger partial charge in [0.25, 0.3) is 0 Å². The molecule has 3 fully saturated rings. The fourth-order valence-electron chi connectivity index (χ4n) is 10.1. The monoisotopic (exact) mass is 484 g/mol. The van der Waals surface area contributed by atoms with Gasteiger partial charge in [-0.05, 0) is 91.9 Å². The maximum Gasteiger partial charge on any atom is 0.309 e. The maximum absolute atomic E-state index is 12.9. The van der Waals surface area contributed by atoms with Crippen LogP contribution in [0.25, 0.3) is 0 Å². The number of carboxylic acid groups (broad SMARTS) is 1. The zero-order chi connectivity index (χ0) is 26.0. The number of aliphatic hydroxyl groups excluding tert-OH is 2. The number of carboxylic acids is 1. The molecule has 5 heteroatoms. The summed E-state index contributed by atoms with van der Waals surface area (Å²) >= 11 is 0. The SMILES string of the molecule is CC1(C)C(=O)C(O)=C[C@]2(C)[C@H]3CC=C4[C@@H]5C[C@](C)(C(=O)O)C[C@@H](O)[C@]5(C)CC[C@@]4(C)[C@]3(C)CC[C@@H]12. The molecule has 3 N–H and O–H groups in total. The zero-order valence-corrected chi connectivity index (χ0v) is 22.6. The van der Waals surface area contributed by atoms with Crippen LogP contribution in [0.2, 0.25) is 0 Å². The fourth-order valence-corrected chi connectivity index (χ4v) is 10.1. The Bertz CT molecular complexity index is 1050. The molecule has 5 nitrogen and oxygen atoms in total. The lowest BCUT2D eigenvalue weighted by Gasteiger charge is -2.70. The van der Waals surface area contributed by atoms with Crippen LogP contribution in [0.5, 0.6) is 0 Å². The van der Waals surface area contributed by atoms with Gasteiger partial charge in [0.05, 0.1) is 11.5 Å². The van der Waals surface area contributed by atoms with Gasteiger partial charge in [-0.3, -0.25) is 9.59 Å². The lowest BCUT2D eigenvalue weighted by Crippen LogP contribution is -2.64. The van der Waals surface area contributed by atoms with E-state index in [0.29, 0.717) is 12.8 Å². The summed E-state index contributed by atoms with van der Waals surface area (Å²) in [5.41, 5.74) is -0.908. The van der Waals surface area contributed by atoms with Gasteiger partial charge in [-0.1, -0.05) is 53.2 Å². The molecular weight excluding hydrogens is 440 g/mol. The molecule has 9 atom stereocenters. The number of carbonyl (C=O) groups is 2. The third kappa shape index (κ3) is 2.85.